The first-order valence-corrected chi connectivity index (χ1v) is 23.4. The zero-order valence-electron chi connectivity index (χ0n) is 35.7. The lowest BCUT2D eigenvalue weighted by atomic mass is 10.0. The number of aliphatic hydroxyl groups excluding tert-OH is 2. The molecular weight excluding hydrogens is 659 g/mol. The van der Waals surface area contributed by atoms with Crippen LogP contribution in [0, 0.1) is 0 Å². The number of amides is 1. The molecule has 0 aliphatic rings. The van der Waals surface area contributed by atoms with Crippen LogP contribution in [0.1, 0.15) is 252 Å². The Morgan fingerprint density at radius 1 is 0.528 bits per heavy atom. The van der Waals surface area contributed by atoms with Gasteiger partial charge >= 0.3 is 5.97 Å². The number of hydrogen-bond donors (Lipinski definition) is 3. The number of carbonyl (C=O) groups excluding carboxylic acids is 2. The fraction of sp³-hybridized carbons (Fsp3) is 0.915. The molecule has 1 amide bonds. The number of carbonyl (C=O) groups is 2. The minimum atomic E-state index is -0.780. The molecule has 0 saturated carbocycles. The summed E-state index contributed by atoms with van der Waals surface area (Å²) in [5, 5.41) is 23.6. The van der Waals surface area contributed by atoms with Crippen molar-refractivity contribution in [2.75, 3.05) is 6.61 Å². The summed E-state index contributed by atoms with van der Waals surface area (Å²) in [5.41, 5.74) is 0. The second-order valence-electron chi connectivity index (χ2n) is 16.2. The van der Waals surface area contributed by atoms with Crippen molar-refractivity contribution in [3.63, 3.8) is 0 Å². The highest BCUT2D eigenvalue weighted by atomic mass is 16.5. The number of allylic oxidation sites excluding steroid dienone is 2. The Balaban J connectivity index is 4.55. The highest BCUT2D eigenvalue weighted by molar-refractivity contribution is 5.77. The molecule has 3 N–H and O–H groups in total. The number of ether oxygens (including phenoxy) is 1. The molecule has 0 rings (SSSR count). The van der Waals surface area contributed by atoms with Gasteiger partial charge in [0.25, 0.3) is 0 Å². The first-order valence-electron chi connectivity index (χ1n) is 23.4. The Kier molecular flexibility index (Phi) is 40.7. The predicted octanol–water partition coefficient (Wildman–Crippen LogP) is 13.4. The molecule has 6 heteroatoms. The molecule has 0 heterocycles. The molecule has 0 aromatic heterocycles. The second kappa shape index (κ2) is 41.8. The average Bonchev–Trinajstić information content (AvgIpc) is 3.15. The maximum Gasteiger partial charge on any atom is 0.306 e. The fourth-order valence-corrected chi connectivity index (χ4v) is 7.26. The largest absolute Gasteiger partial charge is 0.462 e. The van der Waals surface area contributed by atoms with Gasteiger partial charge in [0.1, 0.15) is 6.10 Å². The van der Waals surface area contributed by atoms with E-state index in [4.69, 9.17) is 4.74 Å². The molecule has 53 heavy (non-hydrogen) atoms. The van der Waals surface area contributed by atoms with Crippen molar-refractivity contribution in [2.24, 2.45) is 0 Å². The molecule has 0 fully saturated rings. The van der Waals surface area contributed by atoms with Gasteiger partial charge in [-0.1, -0.05) is 206 Å². The summed E-state index contributed by atoms with van der Waals surface area (Å²) in [6.45, 7) is 6.41. The van der Waals surface area contributed by atoms with Crippen LogP contribution in [0.25, 0.3) is 0 Å². The molecule has 0 aliphatic carbocycles. The topological polar surface area (TPSA) is 95.9 Å². The van der Waals surface area contributed by atoms with Crippen molar-refractivity contribution in [3.05, 3.63) is 12.2 Å². The minimum Gasteiger partial charge on any atom is -0.462 e. The van der Waals surface area contributed by atoms with Crippen molar-refractivity contribution in [1.29, 1.82) is 0 Å². The third kappa shape index (κ3) is 37.3. The zero-order valence-corrected chi connectivity index (χ0v) is 35.7. The van der Waals surface area contributed by atoms with Crippen LogP contribution in [0.4, 0.5) is 0 Å². The summed E-state index contributed by atoms with van der Waals surface area (Å²) in [7, 11) is 0. The Morgan fingerprint density at radius 2 is 0.943 bits per heavy atom. The van der Waals surface area contributed by atoms with Gasteiger partial charge in [-0.25, -0.2) is 0 Å². The van der Waals surface area contributed by atoms with Crippen molar-refractivity contribution in [3.8, 4) is 0 Å². The Labute approximate surface area is 329 Å². The van der Waals surface area contributed by atoms with Gasteiger partial charge in [0.05, 0.1) is 25.2 Å². The van der Waals surface area contributed by atoms with Crippen LogP contribution in [0.5, 0.6) is 0 Å². The third-order valence-electron chi connectivity index (χ3n) is 10.8. The highest BCUT2D eigenvalue weighted by Crippen LogP contribution is 2.18. The van der Waals surface area contributed by atoms with Gasteiger partial charge < -0.3 is 20.3 Å². The van der Waals surface area contributed by atoms with Crippen LogP contribution in [0.3, 0.4) is 0 Å². The zero-order chi connectivity index (χ0) is 38.9. The summed E-state index contributed by atoms with van der Waals surface area (Å²) in [6, 6.07) is -0.694. The van der Waals surface area contributed by atoms with E-state index < -0.39 is 18.2 Å². The van der Waals surface area contributed by atoms with Crippen LogP contribution < -0.4 is 5.32 Å². The van der Waals surface area contributed by atoms with E-state index in [2.05, 4.69) is 38.2 Å². The predicted molar refractivity (Wildman–Crippen MR) is 227 cm³/mol. The van der Waals surface area contributed by atoms with Crippen molar-refractivity contribution in [1.82, 2.24) is 5.32 Å². The first-order chi connectivity index (χ1) is 26.0. The van der Waals surface area contributed by atoms with Gasteiger partial charge in [0, 0.05) is 6.42 Å². The number of unbranched alkanes of at least 4 members (excludes halogenated alkanes) is 28. The summed E-state index contributed by atoms with van der Waals surface area (Å²) >= 11 is 0. The van der Waals surface area contributed by atoms with Crippen LogP contribution in [-0.2, 0) is 14.3 Å². The molecule has 0 aliphatic heterocycles. The van der Waals surface area contributed by atoms with E-state index in [1.54, 1.807) is 0 Å². The number of rotatable bonds is 42. The molecule has 0 aromatic rings. The fourth-order valence-electron chi connectivity index (χ4n) is 7.26. The first kappa shape index (κ1) is 51.6. The van der Waals surface area contributed by atoms with Gasteiger partial charge in [0.15, 0.2) is 0 Å². The van der Waals surface area contributed by atoms with E-state index in [9.17, 15) is 19.8 Å². The molecule has 6 nitrogen and oxygen atoms in total. The van der Waals surface area contributed by atoms with Crippen LogP contribution >= 0.6 is 0 Å². The normalized spacial score (nSPS) is 13.4. The smallest absolute Gasteiger partial charge is 0.306 e. The second-order valence-corrected chi connectivity index (χ2v) is 16.2. The number of aliphatic hydroxyl groups is 2. The standard InChI is InChI=1S/C47H91NO5/c1-4-7-10-13-16-19-21-22-23-24-25-27-29-32-35-38-43(53-47(52)40-37-34-31-28-20-17-14-11-8-5-2)41-46(51)48-44(42-49)45(50)39-36-33-30-26-18-15-12-9-6-3/h11,14,43-45,49-50H,4-10,12-13,15-42H2,1-3H3,(H,48,51)/b14-11-. The van der Waals surface area contributed by atoms with Crippen molar-refractivity contribution >= 4 is 11.9 Å². The Hall–Kier alpha value is -1.40. The third-order valence-corrected chi connectivity index (χ3v) is 10.8. The summed E-state index contributed by atoms with van der Waals surface area (Å²) in [4.78, 5) is 25.9. The lowest BCUT2D eigenvalue weighted by molar-refractivity contribution is -0.151. The van der Waals surface area contributed by atoms with E-state index >= 15 is 0 Å². The van der Waals surface area contributed by atoms with Crippen LogP contribution in [0.15, 0.2) is 12.2 Å². The SMILES string of the molecule is CCC/C=C\CCCCCCCC(=O)OC(CCCCCCCCCCCCCCCCC)CC(=O)NC(CO)C(O)CCCCCCCCCCC. The number of nitrogens with one attached hydrogen (secondary N) is 1. The lowest BCUT2D eigenvalue weighted by Gasteiger charge is -2.24. The molecule has 0 radical (unpaired) electrons. The monoisotopic (exact) mass is 750 g/mol. The van der Waals surface area contributed by atoms with Crippen molar-refractivity contribution < 1.29 is 24.5 Å². The van der Waals surface area contributed by atoms with E-state index in [0.29, 0.717) is 19.3 Å². The molecule has 0 saturated heterocycles. The van der Waals surface area contributed by atoms with Gasteiger partial charge in [-0.2, -0.15) is 0 Å². The average molecular weight is 750 g/mol. The van der Waals surface area contributed by atoms with Gasteiger partial charge in [-0.3, -0.25) is 9.59 Å². The molecule has 0 aromatic carbocycles. The Morgan fingerprint density at radius 3 is 1.42 bits per heavy atom. The summed E-state index contributed by atoms with van der Waals surface area (Å²) in [5.74, 6) is -0.475. The van der Waals surface area contributed by atoms with E-state index in [1.807, 2.05) is 0 Å². The van der Waals surface area contributed by atoms with Gasteiger partial charge in [0.2, 0.25) is 5.91 Å². The molecule has 314 valence electrons. The summed E-state index contributed by atoms with van der Waals surface area (Å²) < 4.78 is 5.90. The Bertz CT molecular complexity index is 802. The quantitative estimate of drug-likeness (QED) is 0.0328. The number of esters is 1. The van der Waals surface area contributed by atoms with Crippen LogP contribution in [0.2, 0.25) is 0 Å². The maximum absolute atomic E-state index is 13.1. The highest BCUT2D eigenvalue weighted by Gasteiger charge is 2.24. The maximum atomic E-state index is 13.1. The minimum absolute atomic E-state index is 0.0805. The molecule has 3 atom stereocenters. The van der Waals surface area contributed by atoms with E-state index in [0.717, 1.165) is 64.2 Å². The van der Waals surface area contributed by atoms with Gasteiger partial charge in [-0.15, -0.1) is 0 Å². The number of hydrogen-bond acceptors (Lipinski definition) is 5. The molecule has 0 bridgehead atoms. The van der Waals surface area contributed by atoms with E-state index in [1.165, 1.54) is 141 Å². The lowest BCUT2D eigenvalue weighted by Crippen LogP contribution is -2.46. The van der Waals surface area contributed by atoms with Gasteiger partial charge in [-0.05, 0) is 44.9 Å². The molecular formula is C47H91NO5. The molecule has 3 unspecified atom stereocenters. The summed E-state index contributed by atoms with van der Waals surface area (Å²) in [6.07, 6.45) is 44.2. The van der Waals surface area contributed by atoms with E-state index in [-0.39, 0.29) is 24.9 Å². The molecule has 0 spiro atoms. The van der Waals surface area contributed by atoms with Crippen LogP contribution in [-0.4, -0.2) is 46.9 Å². The van der Waals surface area contributed by atoms with Crippen molar-refractivity contribution in [2.45, 2.75) is 270 Å².